The van der Waals surface area contributed by atoms with E-state index in [-0.39, 0.29) is 33.1 Å². The van der Waals surface area contributed by atoms with E-state index >= 15 is 0 Å². The maximum Gasteiger partial charge on any atom is 0.184 e. The number of aromatic nitrogens is 4. The van der Waals surface area contributed by atoms with Gasteiger partial charge >= 0.3 is 0 Å². The van der Waals surface area contributed by atoms with Crippen LogP contribution in [0.25, 0.3) is 11.2 Å². The van der Waals surface area contributed by atoms with Gasteiger partial charge in [-0.1, -0.05) is 12.7 Å². The molecule has 0 aliphatic heterocycles. The van der Waals surface area contributed by atoms with Crippen LogP contribution in [0.5, 0.6) is 0 Å². The molecule has 7 nitrogen and oxygen atoms in total. The van der Waals surface area contributed by atoms with Gasteiger partial charge in [0.1, 0.15) is 29.6 Å². The summed E-state index contributed by atoms with van der Waals surface area (Å²) in [6.07, 6.45) is 5.83. The first-order valence-electron chi connectivity index (χ1n) is 6.49. The molecule has 2 N–H and O–H groups in total. The number of fused-ring (bicyclic) bond motifs is 1. The summed E-state index contributed by atoms with van der Waals surface area (Å²) in [5, 5.41) is 0. The van der Waals surface area contributed by atoms with Crippen LogP contribution in [0.15, 0.2) is 37.2 Å². The van der Waals surface area contributed by atoms with Crippen molar-refractivity contribution in [1.82, 2.24) is 19.5 Å². The van der Waals surface area contributed by atoms with Gasteiger partial charge in [-0.2, -0.15) is 0 Å². The molecule has 3 rings (SSSR count). The predicted octanol–water partition coefficient (Wildman–Crippen LogP) is 2.40. The van der Waals surface area contributed by atoms with Gasteiger partial charge in [0.2, 0.25) is 0 Å². The Balaban J connectivity index is 1.98. The topological polar surface area (TPSA) is 95.9 Å². The molecule has 0 saturated carbocycles. The minimum atomic E-state index is -1.28. The Morgan fingerprint density at radius 1 is 1.59 bits per heavy atom. The second kappa shape index (κ2) is 5.55. The third-order valence-corrected chi connectivity index (χ3v) is 3.94. The first kappa shape index (κ1) is 14.7. The minimum absolute atomic E-state index is 0.111. The fraction of sp³-hybridized carbons (Fsp3) is 0.308. The van der Waals surface area contributed by atoms with Crippen molar-refractivity contribution in [2.24, 2.45) is 0 Å². The van der Waals surface area contributed by atoms with Crippen LogP contribution in [-0.2, 0) is 9.30 Å². The van der Waals surface area contributed by atoms with Crippen molar-refractivity contribution < 1.29 is 13.7 Å². The average Bonchev–Trinajstić information content (AvgIpc) is 3.08. The lowest BCUT2D eigenvalue weighted by Crippen LogP contribution is -2.29. The van der Waals surface area contributed by atoms with Gasteiger partial charge in [-0.25, -0.2) is 19.3 Å². The average molecular weight is 321 g/mol. The number of halogens is 1. The highest BCUT2D eigenvalue weighted by Crippen LogP contribution is 2.42. The standard InChI is InChI=1S/C13H13FN5O2P/c1-2-13(21-7-22-20)4-8(3-9(13)14)19-6-18-10-11(15)16-5-17-12(10)19/h2-3,5-6,8H,1,4,7H2,(H2,15,16,17)/t8-,13-/m0/s1. The molecular formula is C13H13FN5O2P. The molecule has 2 atom stereocenters. The van der Waals surface area contributed by atoms with Crippen molar-refractivity contribution >= 4 is 25.4 Å². The molecule has 0 spiro atoms. The summed E-state index contributed by atoms with van der Waals surface area (Å²) in [5.41, 5.74) is 5.45. The highest BCUT2D eigenvalue weighted by atomic mass is 31.1. The number of imidazole rings is 1. The SMILES string of the molecule is C=C[C@]1(OCP=O)C[C@@H](n2cnc3c(N)ncnc32)C=C1F. The van der Waals surface area contributed by atoms with Crippen LogP contribution in [0.1, 0.15) is 12.5 Å². The lowest BCUT2D eigenvalue weighted by atomic mass is 10.0. The largest absolute Gasteiger partial charge is 0.382 e. The van der Waals surface area contributed by atoms with E-state index in [9.17, 15) is 8.96 Å². The van der Waals surface area contributed by atoms with Gasteiger partial charge in [0.25, 0.3) is 0 Å². The van der Waals surface area contributed by atoms with E-state index in [2.05, 4.69) is 21.5 Å². The molecule has 2 heterocycles. The highest BCUT2D eigenvalue weighted by molar-refractivity contribution is 7.23. The third-order valence-electron chi connectivity index (χ3n) is 3.70. The van der Waals surface area contributed by atoms with Gasteiger partial charge in [0, 0.05) is 6.42 Å². The molecule has 0 amide bonds. The number of hydrogen-bond acceptors (Lipinski definition) is 6. The predicted molar refractivity (Wildman–Crippen MR) is 79.1 cm³/mol. The fourth-order valence-corrected chi connectivity index (χ4v) is 2.86. The number of allylic oxidation sites excluding steroid dienone is 1. The zero-order chi connectivity index (χ0) is 15.7. The van der Waals surface area contributed by atoms with Gasteiger partial charge in [0.15, 0.2) is 19.9 Å². The van der Waals surface area contributed by atoms with Crippen molar-refractivity contribution in [2.45, 2.75) is 18.1 Å². The Morgan fingerprint density at radius 3 is 3.14 bits per heavy atom. The number of ether oxygens (including phenoxy) is 1. The van der Waals surface area contributed by atoms with E-state index in [1.165, 1.54) is 24.8 Å². The molecule has 114 valence electrons. The van der Waals surface area contributed by atoms with Crippen LogP contribution in [-0.4, -0.2) is 31.5 Å². The summed E-state index contributed by atoms with van der Waals surface area (Å²) in [4.78, 5) is 12.2. The number of anilines is 1. The molecule has 0 unspecified atom stereocenters. The normalized spacial score (nSPS) is 24.8. The van der Waals surface area contributed by atoms with E-state index in [0.29, 0.717) is 11.2 Å². The molecule has 0 aromatic carbocycles. The minimum Gasteiger partial charge on any atom is -0.382 e. The summed E-state index contributed by atoms with van der Waals surface area (Å²) in [6, 6.07) is -0.361. The molecular weight excluding hydrogens is 308 g/mol. The number of nitrogens with two attached hydrogens (primary N) is 1. The molecule has 22 heavy (non-hydrogen) atoms. The molecule has 0 saturated heterocycles. The van der Waals surface area contributed by atoms with Crippen LogP contribution < -0.4 is 5.73 Å². The van der Waals surface area contributed by atoms with Crippen molar-refractivity contribution in [1.29, 1.82) is 0 Å². The van der Waals surface area contributed by atoms with Crippen molar-refractivity contribution in [3.63, 3.8) is 0 Å². The van der Waals surface area contributed by atoms with Gasteiger partial charge in [-0.3, -0.25) is 4.57 Å². The van der Waals surface area contributed by atoms with E-state index in [1.54, 1.807) is 4.57 Å². The van der Waals surface area contributed by atoms with E-state index < -0.39 is 11.4 Å². The van der Waals surface area contributed by atoms with Crippen molar-refractivity contribution in [2.75, 3.05) is 12.1 Å². The Morgan fingerprint density at radius 2 is 2.41 bits per heavy atom. The van der Waals surface area contributed by atoms with Crippen molar-refractivity contribution in [3.8, 4) is 0 Å². The van der Waals surface area contributed by atoms with Crippen molar-refractivity contribution in [3.05, 3.63) is 37.2 Å². The summed E-state index contributed by atoms with van der Waals surface area (Å²) in [7, 11) is -0.214. The summed E-state index contributed by atoms with van der Waals surface area (Å²) in [6.45, 7) is 3.63. The number of rotatable bonds is 5. The Labute approximate surface area is 126 Å². The van der Waals surface area contributed by atoms with E-state index in [1.807, 2.05) is 0 Å². The molecule has 1 aliphatic rings. The summed E-state index contributed by atoms with van der Waals surface area (Å²) in [5.74, 6) is -0.206. The quantitative estimate of drug-likeness (QED) is 0.671. The summed E-state index contributed by atoms with van der Waals surface area (Å²) >= 11 is 0. The second-order valence-electron chi connectivity index (χ2n) is 4.87. The zero-order valence-corrected chi connectivity index (χ0v) is 12.4. The molecule has 1 aliphatic carbocycles. The molecule has 0 fully saturated rings. The third kappa shape index (κ3) is 2.20. The molecule has 0 bridgehead atoms. The second-order valence-corrected chi connectivity index (χ2v) is 5.38. The first-order chi connectivity index (χ1) is 10.6. The Kier molecular flexibility index (Phi) is 3.72. The monoisotopic (exact) mass is 321 g/mol. The van der Waals surface area contributed by atoms with Gasteiger partial charge < -0.3 is 15.0 Å². The maximum atomic E-state index is 14.4. The Hall–Kier alpha value is -2.18. The first-order valence-corrected chi connectivity index (χ1v) is 7.48. The Bertz CT molecular complexity index is 777. The highest BCUT2D eigenvalue weighted by Gasteiger charge is 2.42. The van der Waals surface area contributed by atoms with Crippen LogP contribution in [0.3, 0.4) is 0 Å². The number of nitrogen functional groups attached to an aromatic ring is 1. The van der Waals surface area contributed by atoms with Crippen LogP contribution in [0.4, 0.5) is 10.2 Å². The number of hydrogen-bond donors (Lipinski definition) is 1. The van der Waals surface area contributed by atoms with E-state index in [0.717, 1.165) is 0 Å². The van der Waals surface area contributed by atoms with Gasteiger partial charge in [-0.05, 0) is 6.08 Å². The van der Waals surface area contributed by atoms with Crippen LogP contribution in [0, 0.1) is 0 Å². The summed E-state index contributed by atoms with van der Waals surface area (Å²) < 4.78 is 32.0. The van der Waals surface area contributed by atoms with Gasteiger partial charge in [-0.15, -0.1) is 0 Å². The molecule has 9 heteroatoms. The van der Waals surface area contributed by atoms with Crippen LogP contribution >= 0.6 is 8.46 Å². The lowest BCUT2D eigenvalue weighted by Gasteiger charge is -2.25. The molecule has 0 radical (unpaired) electrons. The van der Waals surface area contributed by atoms with Gasteiger partial charge in [0.05, 0.1) is 12.4 Å². The lowest BCUT2D eigenvalue weighted by molar-refractivity contribution is 0.0303. The fourth-order valence-electron chi connectivity index (χ4n) is 2.58. The maximum absolute atomic E-state index is 14.4. The van der Waals surface area contributed by atoms with Crippen LogP contribution in [0.2, 0.25) is 0 Å². The molecule has 2 aromatic rings. The molecule has 2 aromatic heterocycles. The van der Waals surface area contributed by atoms with E-state index in [4.69, 9.17) is 10.5 Å². The smallest absolute Gasteiger partial charge is 0.184 e. The zero-order valence-electron chi connectivity index (χ0n) is 11.5. The number of nitrogens with zero attached hydrogens (tertiary/aromatic N) is 4.